The molecule has 0 bridgehead atoms. The quantitative estimate of drug-likeness (QED) is 0.550. The number of hydrogen-bond donors (Lipinski definition) is 1. The molecule has 0 radical (unpaired) electrons. The van der Waals surface area contributed by atoms with E-state index in [1.165, 1.54) is 21.3 Å². The van der Waals surface area contributed by atoms with Crippen LogP contribution in [0.4, 0.5) is 0 Å². The summed E-state index contributed by atoms with van der Waals surface area (Å²) in [7, 11) is 4.33. The SMILES string of the molecule is COC(=O)C[C@H](NC(=O)c1ccc2c(=O)n3c(nc2c1)CCC3)c1ccc(OC)c(OC)c1. The van der Waals surface area contributed by atoms with E-state index in [9.17, 15) is 14.4 Å². The smallest absolute Gasteiger partial charge is 0.307 e. The number of fused-ring (bicyclic) bond motifs is 2. The largest absolute Gasteiger partial charge is 0.493 e. The van der Waals surface area contributed by atoms with Crippen LogP contribution in [0.2, 0.25) is 0 Å². The van der Waals surface area contributed by atoms with Crippen LogP contribution >= 0.6 is 0 Å². The highest BCUT2D eigenvalue weighted by atomic mass is 16.5. The van der Waals surface area contributed by atoms with E-state index >= 15 is 0 Å². The molecule has 0 unspecified atom stereocenters. The van der Waals surface area contributed by atoms with Crippen molar-refractivity contribution >= 4 is 22.8 Å². The van der Waals surface area contributed by atoms with Gasteiger partial charge in [-0.05, 0) is 42.3 Å². The predicted octanol–water partition coefficient (Wildman–Crippen LogP) is 2.39. The van der Waals surface area contributed by atoms with Crippen molar-refractivity contribution in [2.24, 2.45) is 0 Å². The van der Waals surface area contributed by atoms with Crippen LogP contribution in [-0.4, -0.2) is 42.8 Å². The van der Waals surface area contributed by atoms with Crippen LogP contribution in [0.3, 0.4) is 0 Å². The number of esters is 1. The molecule has 1 aliphatic heterocycles. The van der Waals surface area contributed by atoms with E-state index in [0.29, 0.717) is 40.1 Å². The number of carbonyl (C=O) groups is 2. The van der Waals surface area contributed by atoms with Gasteiger partial charge in [0.05, 0.1) is 44.7 Å². The number of amides is 1. The molecule has 33 heavy (non-hydrogen) atoms. The third-order valence-electron chi connectivity index (χ3n) is 5.79. The van der Waals surface area contributed by atoms with Gasteiger partial charge in [-0.15, -0.1) is 0 Å². The van der Waals surface area contributed by atoms with Crippen molar-refractivity contribution in [3.63, 3.8) is 0 Å². The molecule has 2 aromatic carbocycles. The highest BCUT2D eigenvalue weighted by molar-refractivity contribution is 5.98. The van der Waals surface area contributed by atoms with Crippen LogP contribution in [0.1, 0.15) is 40.6 Å². The van der Waals surface area contributed by atoms with Gasteiger partial charge in [-0.25, -0.2) is 4.98 Å². The van der Waals surface area contributed by atoms with E-state index in [1.807, 2.05) is 0 Å². The van der Waals surface area contributed by atoms with Gasteiger partial charge < -0.3 is 19.5 Å². The third kappa shape index (κ3) is 4.39. The van der Waals surface area contributed by atoms with Crippen molar-refractivity contribution in [1.29, 1.82) is 0 Å². The lowest BCUT2D eigenvalue weighted by molar-refractivity contribution is -0.141. The lowest BCUT2D eigenvalue weighted by Crippen LogP contribution is -2.30. The average Bonchev–Trinajstić information content (AvgIpc) is 3.31. The third-order valence-corrected chi connectivity index (χ3v) is 5.79. The number of hydrogen-bond acceptors (Lipinski definition) is 7. The number of nitrogens with one attached hydrogen (secondary N) is 1. The van der Waals surface area contributed by atoms with Gasteiger partial charge in [0.1, 0.15) is 5.82 Å². The molecule has 9 nitrogen and oxygen atoms in total. The Morgan fingerprint density at radius 1 is 1.09 bits per heavy atom. The Morgan fingerprint density at radius 2 is 1.88 bits per heavy atom. The van der Waals surface area contributed by atoms with Gasteiger partial charge in [-0.1, -0.05) is 6.07 Å². The zero-order chi connectivity index (χ0) is 23.5. The Labute approximate surface area is 190 Å². The Hall–Kier alpha value is -3.88. The zero-order valence-corrected chi connectivity index (χ0v) is 18.7. The average molecular weight is 451 g/mol. The maximum Gasteiger partial charge on any atom is 0.307 e. The summed E-state index contributed by atoms with van der Waals surface area (Å²) in [5.41, 5.74) is 1.39. The molecule has 3 aromatic rings. The van der Waals surface area contributed by atoms with Gasteiger partial charge in [0, 0.05) is 18.5 Å². The lowest BCUT2D eigenvalue weighted by Gasteiger charge is -2.20. The number of ether oxygens (including phenoxy) is 3. The molecule has 172 valence electrons. The van der Waals surface area contributed by atoms with E-state index in [-0.39, 0.29) is 12.0 Å². The van der Waals surface area contributed by atoms with Crippen molar-refractivity contribution in [3.05, 3.63) is 63.7 Å². The highest BCUT2D eigenvalue weighted by Crippen LogP contribution is 2.31. The topological polar surface area (TPSA) is 109 Å². The molecule has 1 atom stereocenters. The summed E-state index contributed by atoms with van der Waals surface area (Å²) in [6, 6.07) is 9.32. The first-order chi connectivity index (χ1) is 15.9. The van der Waals surface area contributed by atoms with Crippen LogP contribution in [0.15, 0.2) is 41.2 Å². The fourth-order valence-electron chi connectivity index (χ4n) is 4.04. The number of rotatable bonds is 7. The second-order valence-electron chi connectivity index (χ2n) is 7.74. The second kappa shape index (κ2) is 9.32. The Kier molecular flexibility index (Phi) is 6.30. The second-order valence-corrected chi connectivity index (χ2v) is 7.74. The lowest BCUT2D eigenvalue weighted by atomic mass is 10.0. The number of aryl methyl sites for hydroxylation is 1. The molecule has 9 heteroatoms. The number of aromatic nitrogens is 2. The molecule has 0 fully saturated rings. The van der Waals surface area contributed by atoms with Gasteiger partial charge >= 0.3 is 5.97 Å². The van der Waals surface area contributed by atoms with E-state index in [2.05, 4.69) is 10.3 Å². The molecule has 0 saturated heterocycles. The van der Waals surface area contributed by atoms with Crippen LogP contribution in [0.5, 0.6) is 11.5 Å². The zero-order valence-electron chi connectivity index (χ0n) is 18.7. The first kappa shape index (κ1) is 22.3. The van der Waals surface area contributed by atoms with Gasteiger partial charge in [0.25, 0.3) is 11.5 Å². The van der Waals surface area contributed by atoms with Crippen molar-refractivity contribution in [2.75, 3.05) is 21.3 Å². The number of methoxy groups -OCH3 is 3. The van der Waals surface area contributed by atoms with Gasteiger partial charge in [0.15, 0.2) is 11.5 Å². The monoisotopic (exact) mass is 451 g/mol. The number of benzene rings is 2. The summed E-state index contributed by atoms with van der Waals surface area (Å²) in [5, 5.41) is 3.36. The molecule has 1 N–H and O–H groups in total. The van der Waals surface area contributed by atoms with E-state index in [4.69, 9.17) is 14.2 Å². The minimum Gasteiger partial charge on any atom is -0.493 e. The molecule has 0 aliphatic carbocycles. The number of nitrogens with zero attached hydrogens (tertiary/aromatic N) is 2. The summed E-state index contributed by atoms with van der Waals surface area (Å²) in [6.45, 7) is 0.667. The first-order valence-corrected chi connectivity index (χ1v) is 10.6. The molecular formula is C24H25N3O6. The summed E-state index contributed by atoms with van der Waals surface area (Å²) >= 11 is 0. The molecule has 2 heterocycles. The van der Waals surface area contributed by atoms with Crippen molar-refractivity contribution in [3.8, 4) is 11.5 Å². The fraction of sp³-hybridized carbons (Fsp3) is 0.333. The summed E-state index contributed by atoms with van der Waals surface area (Å²) < 4.78 is 17.1. The predicted molar refractivity (Wildman–Crippen MR) is 121 cm³/mol. The molecule has 1 aliphatic rings. The maximum absolute atomic E-state index is 13.1. The maximum atomic E-state index is 13.1. The van der Waals surface area contributed by atoms with Gasteiger partial charge in [-0.3, -0.25) is 19.0 Å². The van der Waals surface area contributed by atoms with Crippen LogP contribution in [-0.2, 0) is 22.5 Å². The van der Waals surface area contributed by atoms with E-state index < -0.39 is 17.9 Å². The molecule has 1 amide bonds. The summed E-state index contributed by atoms with van der Waals surface area (Å²) in [4.78, 5) is 42.4. The van der Waals surface area contributed by atoms with Gasteiger partial charge in [-0.2, -0.15) is 0 Å². The van der Waals surface area contributed by atoms with Gasteiger partial charge in [0.2, 0.25) is 0 Å². The van der Waals surface area contributed by atoms with E-state index in [0.717, 1.165) is 18.7 Å². The van der Waals surface area contributed by atoms with Crippen LogP contribution in [0, 0.1) is 0 Å². The summed E-state index contributed by atoms with van der Waals surface area (Å²) in [6.07, 6.45) is 1.55. The molecular weight excluding hydrogens is 426 g/mol. The molecule has 1 aromatic heterocycles. The van der Waals surface area contributed by atoms with Crippen molar-refractivity contribution in [2.45, 2.75) is 31.8 Å². The Morgan fingerprint density at radius 3 is 2.61 bits per heavy atom. The van der Waals surface area contributed by atoms with Crippen LogP contribution in [0.25, 0.3) is 10.9 Å². The fourth-order valence-corrected chi connectivity index (χ4v) is 4.04. The molecule has 0 saturated carbocycles. The highest BCUT2D eigenvalue weighted by Gasteiger charge is 2.22. The van der Waals surface area contributed by atoms with Crippen molar-refractivity contribution < 1.29 is 23.8 Å². The minimum absolute atomic E-state index is 0.0710. The summed E-state index contributed by atoms with van der Waals surface area (Å²) in [5.74, 6) is 0.868. The Bertz CT molecular complexity index is 1280. The normalized spacial score (nSPS) is 13.3. The molecule has 0 spiro atoms. The van der Waals surface area contributed by atoms with Crippen molar-refractivity contribution in [1.82, 2.24) is 14.9 Å². The standard InChI is InChI=1S/C24H25N3O6/c1-31-19-9-7-14(12-20(19)32-2)17(13-22(28)33-3)26-23(29)15-6-8-16-18(11-15)25-21-5-4-10-27(21)24(16)30/h6-9,11-12,17H,4-5,10,13H2,1-3H3,(H,26,29)/t17-/m0/s1. The Balaban J connectivity index is 1.65. The molecule has 4 rings (SSSR count). The number of carbonyl (C=O) groups excluding carboxylic acids is 2. The van der Waals surface area contributed by atoms with E-state index in [1.54, 1.807) is 41.0 Å². The minimum atomic E-state index is -0.668. The van der Waals surface area contributed by atoms with Crippen LogP contribution < -0.4 is 20.3 Å². The first-order valence-electron chi connectivity index (χ1n) is 10.6.